The molecule has 2 heteroatoms. The Kier molecular flexibility index (Phi) is 1.67. The van der Waals surface area contributed by atoms with Crippen LogP contribution in [0.15, 0.2) is 30.3 Å². The first-order chi connectivity index (χ1) is 5.86. The fourth-order valence-corrected chi connectivity index (χ4v) is 1.18. The lowest BCUT2D eigenvalue weighted by atomic mass is 10.1. The molecule has 0 saturated carbocycles. The SMILES string of the molecule is O=C1C=Cc2ccccc2CO1. The molecule has 0 saturated heterocycles. The van der Waals surface area contributed by atoms with E-state index in [9.17, 15) is 4.79 Å². The molecule has 0 fully saturated rings. The third-order valence-corrected chi connectivity index (χ3v) is 1.82. The van der Waals surface area contributed by atoms with Crippen LogP contribution in [0.4, 0.5) is 0 Å². The lowest BCUT2D eigenvalue weighted by Crippen LogP contribution is -1.97. The molecule has 2 nitrogen and oxygen atoms in total. The molecule has 1 aromatic carbocycles. The van der Waals surface area contributed by atoms with Crippen LogP contribution < -0.4 is 0 Å². The van der Waals surface area contributed by atoms with Crippen molar-refractivity contribution >= 4 is 12.0 Å². The van der Waals surface area contributed by atoms with Gasteiger partial charge in [0.1, 0.15) is 6.61 Å². The lowest BCUT2D eigenvalue weighted by molar-refractivity contribution is -0.138. The van der Waals surface area contributed by atoms with Gasteiger partial charge in [-0.25, -0.2) is 4.79 Å². The Balaban J connectivity index is 2.45. The zero-order chi connectivity index (χ0) is 8.39. The number of benzene rings is 1. The molecule has 12 heavy (non-hydrogen) atoms. The first-order valence-electron chi connectivity index (χ1n) is 3.79. The van der Waals surface area contributed by atoms with Crippen LogP contribution in [0.5, 0.6) is 0 Å². The predicted octanol–water partition coefficient (Wildman–Crippen LogP) is 1.76. The average molecular weight is 160 g/mol. The zero-order valence-corrected chi connectivity index (χ0v) is 6.49. The van der Waals surface area contributed by atoms with Crippen molar-refractivity contribution in [1.82, 2.24) is 0 Å². The van der Waals surface area contributed by atoms with Crippen LogP contribution in [0.2, 0.25) is 0 Å². The summed E-state index contributed by atoms with van der Waals surface area (Å²) >= 11 is 0. The van der Waals surface area contributed by atoms with E-state index in [2.05, 4.69) is 0 Å². The fourth-order valence-electron chi connectivity index (χ4n) is 1.18. The monoisotopic (exact) mass is 160 g/mol. The average Bonchev–Trinajstić information content (AvgIpc) is 2.29. The lowest BCUT2D eigenvalue weighted by Gasteiger charge is -2.01. The number of cyclic esters (lactones) is 1. The van der Waals surface area contributed by atoms with Crippen molar-refractivity contribution in [2.45, 2.75) is 6.61 Å². The normalized spacial score (nSPS) is 14.8. The highest BCUT2D eigenvalue weighted by Gasteiger charge is 2.06. The van der Waals surface area contributed by atoms with Crippen LogP contribution in [0.1, 0.15) is 11.1 Å². The van der Waals surface area contributed by atoms with Gasteiger partial charge in [0.2, 0.25) is 0 Å². The van der Waals surface area contributed by atoms with Crippen LogP contribution in [0, 0.1) is 0 Å². The van der Waals surface area contributed by atoms with Crippen LogP contribution in [0.3, 0.4) is 0 Å². The topological polar surface area (TPSA) is 26.3 Å². The van der Waals surface area contributed by atoms with Crippen molar-refractivity contribution in [3.05, 3.63) is 41.5 Å². The van der Waals surface area contributed by atoms with Gasteiger partial charge >= 0.3 is 5.97 Å². The molecular weight excluding hydrogens is 152 g/mol. The summed E-state index contributed by atoms with van der Waals surface area (Å²) in [5.41, 5.74) is 2.11. The van der Waals surface area contributed by atoms with Gasteiger partial charge < -0.3 is 4.74 Å². The van der Waals surface area contributed by atoms with Crippen molar-refractivity contribution in [2.24, 2.45) is 0 Å². The fraction of sp³-hybridized carbons (Fsp3) is 0.100. The van der Waals surface area contributed by atoms with Crippen molar-refractivity contribution in [1.29, 1.82) is 0 Å². The summed E-state index contributed by atoms with van der Waals surface area (Å²) in [5.74, 6) is -0.272. The first kappa shape index (κ1) is 7.10. The molecule has 0 spiro atoms. The number of hydrogen-bond donors (Lipinski definition) is 0. The molecule has 0 amide bonds. The Labute approximate surface area is 70.5 Å². The van der Waals surface area contributed by atoms with Gasteiger partial charge in [-0.2, -0.15) is 0 Å². The Morgan fingerprint density at radius 2 is 2.00 bits per heavy atom. The van der Waals surface area contributed by atoms with Gasteiger partial charge in [0.05, 0.1) is 0 Å². The molecule has 1 heterocycles. The van der Waals surface area contributed by atoms with Crippen LogP contribution >= 0.6 is 0 Å². The maximum absolute atomic E-state index is 10.8. The summed E-state index contributed by atoms with van der Waals surface area (Å²) in [6.07, 6.45) is 3.23. The maximum Gasteiger partial charge on any atom is 0.331 e. The predicted molar refractivity (Wildman–Crippen MR) is 45.3 cm³/mol. The van der Waals surface area contributed by atoms with E-state index in [1.165, 1.54) is 6.08 Å². The van der Waals surface area contributed by atoms with Crippen molar-refractivity contribution in [3.63, 3.8) is 0 Å². The summed E-state index contributed by atoms with van der Waals surface area (Å²) in [4.78, 5) is 10.8. The van der Waals surface area contributed by atoms with Gasteiger partial charge in [0.25, 0.3) is 0 Å². The summed E-state index contributed by atoms with van der Waals surface area (Å²) in [6, 6.07) is 7.80. The van der Waals surface area contributed by atoms with E-state index in [1.807, 2.05) is 24.3 Å². The van der Waals surface area contributed by atoms with Crippen molar-refractivity contribution < 1.29 is 9.53 Å². The van der Waals surface area contributed by atoms with Gasteiger partial charge in [-0.1, -0.05) is 24.3 Å². The molecule has 60 valence electrons. The third-order valence-electron chi connectivity index (χ3n) is 1.82. The third kappa shape index (κ3) is 1.23. The van der Waals surface area contributed by atoms with E-state index >= 15 is 0 Å². The minimum Gasteiger partial charge on any atom is -0.458 e. The van der Waals surface area contributed by atoms with Crippen LogP contribution in [-0.2, 0) is 16.1 Å². The van der Waals surface area contributed by atoms with E-state index < -0.39 is 0 Å². The summed E-state index contributed by atoms with van der Waals surface area (Å²) in [7, 11) is 0. The number of esters is 1. The minimum absolute atomic E-state index is 0.272. The van der Waals surface area contributed by atoms with Gasteiger partial charge in [-0.3, -0.25) is 0 Å². The Morgan fingerprint density at radius 3 is 2.92 bits per heavy atom. The molecule has 0 bridgehead atoms. The van der Waals surface area contributed by atoms with E-state index in [0.29, 0.717) is 6.61 Å². The largest absolute Gasteiger partial charge is 0.458 e. The van der Waals surface area contributed by atoms with Gasteiger partial charge in [-0.05, 0) is 17.2 Å². The molecular formula is C10H8O2. The second kappa shape index (κ2) is 2.81. The van der Waals surface area contributed by atoms with E-state index in [-0.39, 0.29) is 5.97 Å². The summed E-state index contributed by atoms with van der Waals surface area (Å²) in [6.45, 7) is 0.377. The van der Waals surface area contributed by atoms with Crippen molar-refractivity contribution in [2.75, 3.05) is 0 Å². The number of ether oxygens (including phenoxy) is 1. The number of carbonyl (C=O) groups is 1. The molecule has 1 aliphatic rings. The first-order valence-corrected chi connectivity index (χ1v) is 3.79. The highest BCUT2D eigenvalue weighted by atomic mass is 16.5. The highest BCUT2D eigenvalue weighted by molar-refractivity contribution is 5.88. The van der Waals surface area contributed by atoms with Gasteiger partial charge in [0.15, 0.2) is 0 Å². The Bertz CT molecular complexity index is 339. The second-order valence-electron chi connectivity index (χ2n) is 2.64. The summed E-state index contributed by atoms with van der Waals surface area (Å²) < 4.78 is 4.90. The standard InChI is InChI=1S/C10H8O2/c11-10-6-5-8-3-1-2-4-9(8)7-12-10/h1-6H,7H2. The minimum atomic E-state index is -0.272. The molecule has 0 unspecified atom stereocenters. The Morgan fingerprint density at radius 1 is 1.17 bits per heavy atom. The van der Waals surface area contributed by atoms with Gasteiger partial charge in [-0.15, -0.1) is 0 Å². The molecule has 1 aromatic rings. The smallest absolute Gasteiger partial charge is 0.331 e. The van der Waals surface area contributed by atoms with Gasteiger partial charge in [0, 0.05) is 6.08 Å². The van der Waals surface area contributed by atoms with Crippen molar-refractivity contribution in [3.8, 4) is 0 Å². The maximum atomic E-state index is 10.8. The molecule has 0 N–H and O–H groups in total. The zero-order valence-electron chi connectivity index (χ0n) is 6.49. The summed E-state index contributed by atoms with van der Waals surface area (Å²) in [5, 5.41) is 0. The van der Waals surface area contributed by atoms with Crippen LogP contribution in [0.25, 0.3) is 6.08 Å². The molecule has 1 aliphatic heterocycles. The molecule has 0 radical (unpaired) electrons. The molecule has 0 atom stereocenters. The number of hydrogen-bond acceptors (Lipinski definition) is 2. The Hall–Kier alpha value is -1.57. The van der Waals surface area contributed by atoms with E-state index in [1.54, 1.807) is 6.08 Å². The number of fused-ring (bicyclic) bond motifs is 1. The highest BCUT2D eigenvalue weighted by Crippen LogP contribution is 2.14. The number of rotatable bonds is 0. The molecule has 0 aromatic heterocycles. The van der Waals surface area contributed by atoms with E-state index in [4.69, 9.17) is 4.74 Å². The molecule has 0 aliphatic carbocycles. The van der Waals surface area contributed by atoms with Crippen LogP contribution in [-0.4, -0.2) is 5.97 Å². The quantitative estimate of drug-likeness (QED) is 0.540. The number of carbonyl (C=O) groups excluding carboxylic acids is 1. The molecule has 2 rings (SSSR count). The second-order valence-corrected chi connectivity index (χ2v) is 2.64. The van der Waals surface area contributed by atoms with E-state index in [0.717, 1.165) is 11.1 Å².